The molecule has 0 bridgehead atoms. The van der Waals surface area contributed by atoms with Crippen LogP contribution in [0.3, 0.4) is 0 Å². The van der Waals surface area contributed by atoms with Crippen LogP contribution < -0.4 is 0 Å². The van der Waals surface area contributed by atoms with E-state index in [-0.39, 0.29) is 42.7 Å². The van der Waals surface area contributed by atoms with Gasteiger partial charge in [-0.2, -0.15) is 0 Å². The van der Waals surface area contributed by atoms with Crippen molar-refractivity contribution in [1.29, 1.82) is 0 Å². The predicted octanol–water partition coefficient (Wildman–Crippen LogP) is 5.24. The molecule has 0 aromatic heterocycles. The van der Waals surface area contributed by atoms with Crippen LogP contribution in [0.1, 0.15) is 54.4 Å². The Balaban J connectivity index is 2.18. The highest BCUT2D eigenvalue weighted by Crippen LogP contribution is 2.87. The van der Waals surface area contributed by atoms with E-state index in [9.17, 15) is 9.13 Å². The zero-order valence-corrected chi connectivity index (χ0v) is 16.8. The fourth-order valence-corrected chi connectivity index (χ4v) is 8.62. The van der Waals surface area contributed by atoms with Crippen LogP contribution in [-0.2, 0) is 27.2 Å². The van der Waals surface area contributed by atoms with Crippen LogP contribution in [0, 0.1) is 16.7 Å². The highest BCUT2D eigenvalue weighted by molar-refractivity contribution is 8.27. The van der Waals surface area contributed by atoms with Crippen molar-refractivity contribution >= 4 is 14.6 Å². The van der Waals surface area contributed by atoms with Gasteiger partial charge in [0.2, 0.25) is 0 Å². The molecule has 2 aliphatic rings. The lowest BCUT2D eigenvalue weighted by Gasteiger charge is -2.46. The molecule has 0 N–H and O–H groups in total. The fourth-order valence-electron chi connectivity index (χ4n) is 3.24. The number of hydrogen-bond acceptors (Lipinski definition) is 6. The van der Waals surface area contributed by atoms with Crippen molar-refractivity contribution in [1.82, 2.24) is 0 Å². The molecule has 2 aliphatic heterocycles. The van der Waals surface area contributed by atoms with Gasteiger partial charge >= 0.3 is 14.6 Å². The van der Waals surface area contributed by atoms with Crippen molar-refractivity contribution in [2.75, 3.05) is 19.8 Å². The molecule has 2 saturated heterocycles. The summed E-state index contributed by atoms with van der Waals surface area (Å²) in [4.78, 5) is 0. The van der Waals surface area contributed by atoms with Gasteiger partial charge in [0.15, 0.2) is 0 Å². The van der Waals surface area contributed by atoms with Crippen molar-refractivity contribution in [2.45, 2.75) is 60.5 Å². The first-order valence-corrected chi connectivity index (χ1v) is 12.1. The number of rotatable bonds is 4. The Hall–Kier alpha value is 0.300. The molecule has 0 aliphatic carbocycles. The summed E-state index contributed by atoms with van der Waals surface area (Å²) in [5, 5.41) is 0. The molecule has 0 spiro atoms. The molecule has 2 fully saturated rings. The molecular formula is C15H30O6P2. The minimum absolute atomic E-state index is 0.115. The van der Waals surface area contributed by atoms with Crippen LogP contribution in [0.25, 0.3) is 0 Å². The largest absolute Gasteiger partial charge is 0.441 e. The average molecular weight is 368 g/mol. The molecule has 0 saturated carbocycles. The third-order valence-corrected chi connectivity index (χ3v) is 10.1. The van der Waals surface area contributed by atoms with E-state index < -0.39 is 14.6 Å². The van der Waals surface area contributed by atoms with Gasteiger partial charge in [0, 0.05) is 10.8 Å². The first-order chi connectivity index (χ1) is 10.5. The van der Waals surface area contributed by atoms with Gasteiger partial charge in [-0.25, -0.2) is 9.13 Å². The standard InChI is InChI=1S/C15H30O6P2/c1-7-8-15(6)10-19-22(16,20-11-15)23(17)18-9-14(4,5)13(21-23)12(2)3/h12-13H,7-11H2,1-6H3. The molecular weight excluding hydrogens is 338 g/mol. The van der Waals surface area contributed by atoms with Crippen LogP contribution in [0.5, 0.6) is 0 Å². The van der Waals surface area contributed by atoms with Crippen molar-refractivity contribution in [3.63, 3.8) is 0 Å². The summed E-state index contributed by atoms with van der Waals surface area (Å²) in [7, 11) is -7.88. The third-order valence-electron chi connectivity index (χ3n) is 4.53. The van der Waals surface area contributed by atoms with E-state index in [2.05, 4.69) is 6.92 Å². The first-order valence-electron chi connectivity index (χ1n) is 8.30. The van der Waals surface area contributed by atoms with Gasteiger partial charge < -0.3 is 0 Å². The maximum Gasteiger partial charge on any atom is 0.441 e. The van der Waals surface area contributed by atoms with Crippen molar-refractivity contribution in [2.24, 2.45) is 16.7 Å². The Bertz CT molecular complexity index is 518. The lowest BCUT2D eigenvalue weighted by atomic mass is 9.81. The van der Waals surface area contributed by atoms with E-state index in [0.717, 1.165) is 12.8 Å². The second-order valence-electron chi connectivity index (χ2n) is 8.08. The highest BCUT2D eigenvalue weighted by atomic mass is 32.1. The monoisotopic (exact) mass is 368 g/mol. The van der Waals surface area contributed by atoms with E-state index in [0.29, 0.717) is 0 Å². The van der Waals surface area contributed by atoms with Crippen LogP contribution >= 0.6 is 14.6 Å². The molecule has 8 heteroatoms. The van der Waals surface area contributed by atoms with Crippen LogP contribution in [0.2, 0.25) is 0 Å². The quantitative estimate of drug-likeness (QED) is 0.632. The summed E-state index contributed by atoms with van der Waals surface area (Å²) in [6, 6.07) is 0. The molecule has 6 nitrogen and oxygen atoms in total. The zero-order valence-electron chi connectivity index (χ0n) is 15.0. The van der Waals surface area contributed by atoms with Crippen molar-refractivity contribution in [3.05, 3.63) is 0 Å². The second-order valence-corrected chi connectivity index (χ2v) is 13.9. The molecule has 0 aromatic rings. The molecule has 2 rings (SSSR count). The van der Waals surface area contributed by atoms with E-state index >= 15 is 0 Å². The Labute approximate surface area is 139 Å². The van der Waals surface area contributed by atoms with Gasteiger partial charge in [0.05, 0.1) is 25.9 Å². The summed E-state index contributed by atoms with van der Waals surface area (Å²) in [5.41, 5.74) is -0.526. The maximum absolute atomic E-state index is 13.1. The van der Waals surface area contributed by atoms with E-state index in [1.165, 1.54) is 0 Å². The molecule has 136 valence electrons. The molecule has 0 radical (unpaired) electrons. The summed E-state index contributed by atoms with van der Waals surface area (Å²) < 4.78 is 48.3. The summed E-state index contributed by atoms with van der Waals surface area (Å²) in [5.74, 6) is 0.115. The summed E-state index contributed by atoms with van der Waals surface area (Å²) >= 11 is 0. The highest BCUT2D eigenvalue weighted by Gasteiger charge is 2.60. The molecule has 2 heterocycles. The van der Waals surface area contributed by atoms with E-state index in [4.69, 9.17) is 18.1 Å². The third kappa shape index (κ3) is 3.78. The minimum Gasteiger partial charge on any atom is -0.299 e. The maximum atomic E-state index is 13.1. The van der Waals surface area contributed by atoms with Crippen LogP contribution in [0.15, 0.2) is 0 Å². The van der Waals surface area contributed by atoms with Gasteiger partial charge in [-0.15, -0.1) is 0 Å². The lowest BCUT2D eigenvalue weighted by Crippen LogP contribution is -2.43. The number of hydrogen-bond donors (Lipinski definition) is 0. The Kier molecular flexibility index (Phi) is 5.59. The average Bonchev–Trinajstić information content (AvgIpc) is 2.45. The van der Waals surface area contributed by atoms with E-state index in [1.807, 2.05) is 34.6 Å². The minimum atomic E-state index is -3.95. The van der Waals surface area contributed by atoms with Gasteiger partial charge in [-0.05, 0) is 12.3 Å². The SMILES string of the molecule is CCCC1(C)COP(=O)(P2(=O)OCC(C)(C)C(C(C)C)O2)OC1. The summed E-state index contributed by atoms with van der Waals surface area (Å²) in [6.45, 7) is 12.7. The topological polar surface area (TPSA) is 71.1 Å². The molecule has 23 heavy (non-hydrogen) atoms. The van der Waals surface area contributed by atoms with Crippen LogP contribution in [-0.4, -0.2) is 25.9 Å². The smallest absolute Gasteiger partial charge is 0.299 e. The van der Waals surface area contributed by atoms with E-state index in [1.54, 1.807) is 0 Å². The fraction of sp³-hybridized carbons (Fsp3) is 1.00. The zero-order chi connectivity index (χ0) is 17.5. The van der Waals surface area contributed by atoms with Gasteiger partial charge in [-0.1, -0.05) is 48.0 Å². The van der Waals surface area contributed by atoms with Gasteiger partial charge in [-0.3, -0.25) is 18.1 Å². The summed E-state index contributed by atoms with van der Waals surface area (Å²) in [6.07, 6.45) is 1.53. The first kappa shape index (κ1) is 19.6. The molecule has 0 amide bonds. The lowest BCUT2D eigenvalue weighted by molar-refractivity contribution is -0.0483. The Morgan fingerprint density at radius 1 is 1.00 bits per heavy atom. The normalized spacial score (nSPS) is 44.4. The second kappa shape index (κ2) is 6.55. The van der Waals surface area contributed by atoms with Gasteiger partial charge in [0.1, 0.15) is 0 Å². The van der Waals surface area contributed by atoms with Crippen LogP contribution in [0.4, 0.5) is 0 Å². The Morgan fingerprint density at radius 3 is 2.00 bits per heavy atom. The molecule has 2 atom stereocenters. The van der Waals surface area contributed by atoms with Crippen molar-refractivity contribution in [3.8, 4) is 0 Å². The predicted molar refractivity (Wildman–Crippen MR) is 89.6 cm³/mol. The van der Waals surface area contributed by atoms with Crippen molar-refractivity contribution < 1.29 is 27.2 Å². The molecule has 0 aromatic carbocycles. The van der Waals surface area contributed by atoms with Gasteiger partial charge in [0.25, 0.3) is 0 Å². The Morgan fingerprint density at radius 2 is 1.52 bits per heavy atom. The molecule has 2 unspecified atom stereocenters.